The van der Waals surface area contributed by atoms with E-state index < -0.39 is 0 Å². The number of oxazole rings is 1. The summed E-state index contributed by atoms with van der Waals surface area (Å²) in [5.74, 6) is 0.603. The first-order valence-electron chi connectivity index (χ1n) is 10.7. The molecule has 0 spiro atoms. The second-order valence-corrected chi connectivity index (χ2v) is 8.22. The zero-order valence-corrected chi connectivity index (χ0v) is 16.9. The molecule has 4 aromatic carbocycles. The molecule has 0 unspecified atom stereocenters. The first-order valence-corrected chi connectivity index (χ1v) is 10.7. The molecule has 4 heterocycles. The van der Waals surface area contributed by atoms with Crippen LogP contribution in [0.4, 0.5) is 0 Å². The fourth-order valence-corrected chi connectivity index (χ4v) is 5.13. The van der Waals surface area contributed by atoms with E-state index in [-0.39, 0.29) is 0 Å². The van der Waals surface area contributed by atoms with Crippen LogP contribution in [0.5, 0.6) is 0 Å². The topological polar surface area (TPSA) is 51.2 Å². The SMILES string of the molecule is c1ccc2c(c1)[nH]c1c2nc2oc3cc(-n4c5ccccc5c5ccccc54)ccc3n21. The molecule has 0 radical (unpaired) electrons. The van der Waals surface area contributed by atoms with Gasteiger partial charge in [-0.25, -0.2) is 4.40 Å². The summed E-state index contributed by atoms with van der Waals surface area (Å²) in [5.41, 5.74) is 8.23. The van der Waals surface area contributed by atoms with E-state index in [1.54, 1.807) is 0 Å². The lowest BCUT2D eigenvalue weighted by molar-refractivity contribution is 0.643. The molecular formula is C27H16N4O. The number of hydrogen-bond donors (Lipinski definition) is 1. The van der Waals surface area contributed by atoms with Gasteiger partial charge in [0.1, 0.15) is 11.2 Å². The third-order valence-electron chi connectivity index (χ3n) is 6.51. The summed E-state index contributed by atoms with van der Waals surface area (Å²) in [6.45, 7) is 0. The van der Waals surface area contributed by atoms with Gasteiger partial charge in [-0.2, -0.15) is 4.98 Å². The predicted molar refractivity (Wildman–Crippen MR) is 129 cm³/mol. The lowest BCUT2D eigenvalue weighted by Gasteiger charge is -2.07. The van der Waals surface area contributed by atoms with E-state index in [0.29, 0.717) is 5.84 Å². The summed E-state index contributed by atoms with van der Waals surface area (Å²) in [6, 6.07) is 31.7. The first kappa shape index (κ1) is 16.2. The van der Waals surface area contributed by atoms with E-state index in [4.69, 9.17) is 9.40 Å². The molecule has 150 valence electrons. The third-order valence-corrected chi connectivity index (χ3v) is 6.51. The Kier molecular flexibility index (Phi) is 2.83. The van der Waals surface area contributed by atoms with Crippen molar-refractivity contribution < 1.29 is 4.42 Å². The minimum absolute atomic E-state index is 0.603. The average Bonchev–Trinajstić information content (AvgIpc) is 3.55. The number of hydrogen-bond acceptors (Lipinski definition) is 2. The minimum Gasteiger partial charge on any atom is -0.423 e. The Labute approximate surface area is 181 Å². The molecule has 0 saturated carbocycles. The summed E-state index contributed by atoms with van der Waals surface area (Å²) in [5, 5.41) is 3.60. The van der Waals surface area contributed by atoms with Gasteiger partial charge in [0.25, 0.3) is 0 Å². The number of nitrogens with one attached hydrogen (secondary N) is 1. The van der Waals surface area contributed by atoms with Crippen LogP contribution in [0.1, 0.15) is 0 Å². The molecule has 0 aliphatic carbocycles. The van der Waals surface area contributed by atoms with Crippen LogP contribution >= 0.6 is 0 Å². The van der Waals surface area contributed by atoms with Crippen molar-refractivity contribution in [2.75, 3.05) is 0 Å². The Morgan fingerprint density at radius 3 is 2.16 bits per heavy atom. The third kappa shape index (κ3) is 1.91. The molecule has 1 N–H and O–H groups in total. The van der Waals surface area contributed by atoms with Crippen LogP contribution in [-0.4, -0.2) is 18.9 Å². The van der Waals surface area contributed by atoms with E-state index in [9.17, 15) is 0 Å². The van der Waals surface area contributed by atoms with Gasteiger partial charge in [-0.1, -0.05) is 54.6 Å². The molecule has 0 aliphatic heterocycles. The van der Waals surface area contributed by atoms with Gasteiger partial charge >= 0.3 is 5.84 Å². The number of aromatic amines is 1. The lowest BCUT2D eigenvalue weighted by atomic mass is 10.2. The zero-order valence-electron chi connectivity index (χ0n) is 16.9. The highest BCUT2D eigenvalue weighted by molar-refractivity contribution is 6.09. The largest absolute Gasteiger partial charge is 0.423 e. The van der Waals surface area contributed by atoms with E-state index in [2.05, 4.69) is 92.8 Å². The van der Waals surface area contributed by atoms with E-state index >= 15 is 0 Å². The molecule has 5 heteroatoms. The summed E-state index contributed by atoms with van der Waals surface area (Å²) < 4.78 is 10.6. The molecule has 0 amide bonds. The number of fused-ring (bicyclic) bond motifs is 10. The molecule has 0 aliphatic rings. The summed E-state index contributed by atoms with van der Waals surface area (Å²) >= 11 is 0. The number of nitrogens with zero attached hydrogens (tertiary/aromatic N) is 3. The fourth-order valence-electron chi connectivity index (χ4n) is 5.13. The maximum absolute atomic E-state index is 6.23. The van der Waals surface area contributed by atoms with E-state index in [1.807, 2.05) is 12.1 Å². The van der Waals surface area contributed by atoms with Crippen molar-refractivity contribution in [3.63, 3.8) is 0 Å². The Bertz CT molecular complexity index is 1940. The van der Waals surface area contributed by atoms with Crippen LogP contribution < -0.4 is 0 Å². The number of benzene rings is 4. The highest BCUT2D eigenvalue weighted by Crippen LogP contribution is 2.34. The van der Waals surface area contributed by atoms with Crippen LogP contribution in [-0.2, 0) is 0 Å². The second kappa shape index (κ2) is 5.59. The molecule has 8 aromatic rings. The highest BCUT2D eigenvalue weighted by Gasteiger charge is 2.18. The van der Waals surface area contributed by atoms with E-state index in [0.717, 1.165) is 38.9 Å². The van der Waals surface area contributed by atoms with Crippen molar-refractivity contribution in [3.05, 3.63) is 91.0 Å². The summed E-state index contributed by atoms with van der Waals surface area (Å²) in [4.78, 5) is 8.30. The van der Waals surface area contributed by atoms with Crippen molar-refractivity contribution in [2.45, 2.75) is 0 Å². The molecular weight excluding hydrogens is 396 g/mol. The van der Waals surface area contributed by atoms with Gasteiger partial charge in [-0.05, 0) is 30.3 Å². The van der Waals surface area contributed by atoms with Crippen molar-refractivity contribution in [1.29, 1.82) is 0 Å². The second-order valence-electron chi connectivity index (χ2n) is 8.22. The predicted octanol–water partition coefficient (Wildman–Crippen LogP) is 6.81. The molecule has 8 rings (SSSR count). The number of rotatable bonds is 1. The smallest absolute Gasteiger partial charge is 0.309 e. The van der Waals surface area contributed by atoms with Crippen LogP contribution in [0, 0.1) is 0 Å². The van der Waals surface area contributed by atoms with Gasteiger partial charge in [0.2, 0.25) is 0 Å². The van der Waals surface area contributed by atoms with Crippen molar-refractivity contribution in [2.24, 2.45) is 0 Å². The Morgan fingerprint density at radius 2 is 1.38 bits per heavy atom. The molecule has 4 aromatic heterocycles. The Morgan fingerprint density at radius 1 is 0.688 bits per heavy atom. The fraction of sp³-hybridized carbons (Fsp3) is 0. The highest BCUT2D eigenvalue weighted by atomic mass is 16.4. The molecule has 0 atom stereocenters. The van der Waals surface area contributed by atoms with Crippen LogP contribution in [0.3, 0.4) is 0 Å². The van der Waals surface area contributed by atoms with Gasteiger partial charge in [0.15, 0.2) is 5.58 Å². The first-order chi connectivity index (χ1) is 15.9. The molecule has 32 heavy (non-hydrogen) atoms. The zero-order chi connectivity index (χ0) is 20.8. The van der Waals surface area contributed by atoms with Gasteiger partial charge in [0, 0.05) is 27.7 Å². The molecule has 5 nitrogen and oxygen atoms in total. The number of imidazole rings is 1. The van der Waals surface area contributed by atoms with Crippen LogP contribution in [0.25, 0.3) is 66.5 Å². The molecule has 0 bridgehead atoms. The monoisotopic (exact) mass is 412 g/mol. The quantitative estimate of drug-likeness (QED) is 0.322. The van der Waals surface area contributed by atoms with Crippen LogP contribution in [0.2, 0.25) is 0 Å². The van der Waals surface area contributed by atoms with Crippen LogP contribution in [0.15, 0.2) is 95.4 Å². The van der Waals surface area contributed by atoms with Gasteiger partial charge < -0.3 is 14.0 Å². The van der Waals surface area contributed by atoms with E-state index in [1.165, 1.54) is 21.8 Å². The van der Waals surface area contributed by atoms with Crippen molar-refractivity contribution >= 4 is 60.8 Å². The number of para-hydroxylation sites is 3. The number of H-pyrrole nitrogens is 1. The van der Waals surface area contributed by atoms with Gasteiger partial charge in [-0.15, -0.1) is 0 Å². The van der Waals surface area contributed by atoms with Crippen molar-refractivity contribution in [3.8, 4) is 5.69 Å². The average molecular weight is 412 g/mol. The molecule has 0 fully saturated rings. The summed E-state index contributed by atoms with van der Waals surface area (Å²) in [7, 11) is 0. The molecule has 0 saturated heterocycles. The van der Waals surface area contributed by atoms with Gasteiger partial charge in [0.05, 0.1) is 22.2 Å². The van der Waals surface area contributed by atoms with Crippen molar-refractivity contribution in [1.82, 2.24) is 18.9 Å². The number of aromatic nitrogens is 4. The van der Waals surface area contributed by atoms with Gasteiger partial charge in [-0.3, -0.25) is 0 Å². The Balaban J connectivity index is 1.44. The normalized spacial score (nSPS) is 12.4. The minimum atomic E-state index is 0.603. The summed E-state index contributed by atoms with van der Waals surface area (Å²) in [6.07, 6.45) is 0. The Hall–Kier alpha value is -4.51. The maximum Gasteiger partial charge on any atom is 0.309 e. The maximum atomic E-state index is 6.23. The lowest BCUT2D eigenvalue weighted by Crippen LogP contribution is -1.93. The standard InChI is InChI=1S/C27H16N4O/c1-4-10-20-19(9-1)25-26(28-20)31-23-14-13-16(15-24(23)32-27(31)29-25)30-21-11-5-2-7-17(21)18-8-3-6-12-22(18)30/h1-15,28H.